The highest BCUT2D eigenvalue weighted by atomic mass is 32.2. The molecule has 5 nitrogen and oxygen atoms in total. The van der Waals surface area contributed by atoms with E-state index in [2.05, 4.69) is 9.97 Å². The minimum atomic E-state index is -0.481. The van der Waals surface area contributed by atoms with Gasteiger partial charge in [-0.2, -0.15) is 0 Å². The van der Waals surface area contributed by atoms with Crippen molar-refractivity contribution in [2.75, 3.05) is 6.61 Å². The van der Waals surface area contributed by atoms with Crippen molar-refractivity contribution < 1.29 is 5.11 Å². The number of rotatable bonds is 2. The Morgan fingerprint density at radius 1 is 1.47 bits per heavy atom. The Morgan fingerprint density at radius 2 is 2.27 bits per heavy atom. The van der Waals surface area contributed by atoms with Gasteiger partial charge in [0.05, 0.1) is 6.61 Å². The van der Waals surface area contributed by atoms with E-state index in [-0.39, 0.29) is 22.7 Å². The molecule has 6 heteroatoms. The fraction of sp³-hybridized carbons (Fsp3) is 0.556. The molecule has 0 unspecified atom stereocenters. The predicted molar refractivity (Wildman–Crippen MR) is 58.1 cm³/mol. The Bertz CT molecular complexity index is 453. The molecule has 0 spiro atoms. The second-order valence-corrected chi connectivity index (χ2v) is 5.04. The Hall–Kier alpha value is -1.01. The van der Waals surface area contributed by atoms with Crippen LogP contribution >= 0.6 is 11.8 Å². The first-order valence-electron chi connectivity index (χ1n) is 4.79. The Balaban J connectivity index is 2.24. The topological polar surface area (TPSA) is 85.9 Å². The maximum absolute atomic E-state index is 11.5. The zero-order valence-electron chi connectivity index (χ0n) is 8.03. The van der Waals surface area contributed by atoms with Crippen LogP contribution in [-0.2, 0) is 0 Å². The molecule has 0 aliphatic carbocycles. The van der Waals surface area contributed by atoms with Gasteiger partial charge in [0.1, 0.15) is 0 Å². The van der Waals surface area contributed by atoms with Gasteiger partial charge in [0.25, 0.3) is 5.56 Å². The summed E-state index contributed by atoms with van der Waals surface area (Å²) in [6.07, 6.45) is 3.24. The summed E-state index contributed by atoms with van der Waals surface area (Å²) in [6.45, 7) is 0.141. The van der Waals surface area contributed by atoms with Crippen LogP contribution in [0.4, 0.5) is 0 Å². The summed E-state index contributed by atoms with van der Waals surface area (Å²) in [4.78, 5) is 27.0. The number of hydrogen-bond donors (Lipinski definition) is 3. The molecule has 0 saturated carbocycles. The van der Waals surface area contributed by atoms with Crippen LogP contribution in [0.5, 0.6) is 0 Å². The van der Waals surface area contributed by atoms with Crippen LogP contribution < -0.4 is 11.2 Å². The first-order chi connectivity index (χ1) is 7.20. The van der Waals surface area contributed by atoms with E-state index >= 15 is 0 Å². The minimum Gasteiger partial charge on any atom is -0.395 e. The third-order valence-electron chi connectivity index (χ3n) is 2.51. The second kappa shape index (κ2) is 4.24. The van der Waals surface area contributed by atoms with E-state index in [0.717, 1.165) is 12.8 Å². The van der Waals surface area contributed by atoms with Crippen LogP contribution in [0, 0.1) is 0 Å². The summed E-state index contributed by atoms with van der Waals surface area (Å²) in [7, 11) is 0. The van der Waals surface area contributed by atoms with Crippen LogP contribution in [0.25, 0.3) is 0 Å². The monoisotopic (exact) mass is 228 g/mol. The minimum absolute atomic E-state index is 0.0859. The zero-order chi connectivity index (χ0) is 10.8. The molecule has 1 fully saturated rings. The number of aromatic amines is 2. The highest BCUT2D eigenvalue weighted by Gasteiger charge is 2.27. The molecular weight excluding hydrogens is 216 g/mol. The van der Waals surface area contributed by atoms with Crippen LogP contribution in [0.3, 0.4) is 0 Å². The lowest BCUT2D eigenvalue weighted by molar-refractivity contribution is 0.292. The summed E-state index contributed by atoms with van der Waals surface area (Å²) in [6, 6.07) is 0. The molecular formula is C9H12N2O3S. The molecule has 1 aromatic rings. The number of aliphatic hydroxyl groups excluding tert-OH is 1. The lowest BCUT2D eigenvalue weighted by Gasteiger charge is -2.08. The van der Waals surface area contributed by atoms with Crippen molar-refractivity contribution in [3.8, 4) is 0 Å². The molecule has 1 aliphatic rings. The number of thioether (sulfide) groups is 1. The average molecular weight is 228 g/mol. The van der Waals surface area contributed by atoms with Gasteiger partial charge in [0, 0.05) is 22.3 Å². The molecule has 0 radical (unpaired) electrons. The van der Waals surface area contributed by atoms with Crippen molar-refractivity contribution in [2.24, 2.45) is 0 Å². The normalized spacial score (nSPS) is 25.7. The number of aliphatic hydroxyl groups is 1. The molecule has 0 aromatic carbocycles. The van der Waals surface area contributed by atoms with Gasteiger partial charge in [-0.3, -0.25) is 9.78 Å². The van der Waals surface area contributed by atoms with Crippen molar-refractivity contribution in [1.29, 1.82) is 0 Å². The Labute approximate surface area is 89.9 Å². The molecule has 82 valence electrons. The summed E-state index contributed by atoms with van der Waals surface area (Å²) in [5.74, 6) is 0. The van der Waals surface area contributed by atoms with Gasteiger partial charge in [0.2, 0.25) is 0 Å². The molecule has 1 saturated heterocycles. The number of aromatic nitrogens is 2. The maximum Gasteiger partial charge on any atom is 0.325 e. The van der Waals surface area contributed by atoms with E-state index in [4.69, 9.17) is 5.11 Å². The van der Waals surface area contributed by atoms with E-state index < -0.39 is 5.69 Å². The lowest BCUT2D eigenvalue weighted by Crippen LogP contribution is -2.25. The molecule has 2 heterocycles. The van der Waals surface area contributed by atoms with Gasteiger partial charge in [-0.1, -0.05) is 0 Å². The highest BCUT2D eigenvalue weighted by molar-refractivity contribution is 8.00. The molecule has 2 rings (SSSR count). The van der Waals surface area contributed by atoms with E-state index in [9.17, 15) is 9.59 Å². The van der Waals surface area contributed by atoms with Gasteiger partial charge in [0.15, 0.2) is 0 Å². The van der Waals surface area contributed by atoms with Crippen LogP contribution in [0.15, 0.2) is 15.8 Å². The van der Waals surface area contributed by atoms with Gasteiger partial charge in [-0.05, 0) is 12.8 Å². The number of hydrogen-bond acceptors (Lipinski definition) is 4. The van der Waals surface area contributed by atoms with Crippen molar-refractivity contribution in [1.82, 2.24) is 9.97 Å². The van der Waals surface area contributed by atoms with Gasteiger partial charge in [-0.25, -0.2) is 4.79 Å². The highest BCUT2D eigenvalue weighted by Crippen LogP contribution is 2.42. The molecule has 0 bridgehead atoms. The molecule has 1 aliphatic heterocycles. The summed E-state index contributed by atoms with van der Waals surface area (Å²) < 4.78 is 0. The molecule has 2 atom stereocenters. The van der Waals surface area contributed by atoms with Gasteiger partial charge >= 0.3 is 5.69 Å². The number of H-pyrrole nitrogens is 2. The van der Waals surface area contributed by atoms with Gasteiger partial charge in [-0.15, -0.1) is 11.8 Å². The van der Waals surface area contributed by atoms with E-state index in [1.807, 2.05) is 0 Å². The van der Waals surface area contributed by atoms with E-state index in [1.165, 1.54) is 6.20 Å². The largest absolute Gasteiger partial charge is 0.395 e. The lowest BCUT2D eigenvalue weighted by atomic mass is 10.1. The standard InChI is InChI=1S/C9H12N2O3S/c12-4-5-1-2-7(15-5)6-3-10-9(14)11-8(6)13/h3,5,7,12H,1-2,4H2,(H2,10,11,13,14)/t5-,7+/m0/s1. The summed E-state index contributed by atoms with van der Waals surface area (Å²) in [5, 5.41) is 9.27. The van der Waals surface area contributed by atoms with Crippen LogP contribution in [0.1, 0.15) is 23.7 Å². The summed E-state index contributed by atoms with van der Waals surface area (Å²) in [5.41, 5.74) is -0.212. The van der Waals surface area contributed by atoms with Crippen LogP contribution in [-0.4, -0.2) is 26.9 Å². The molecule has 3 N–H and O–H groups in total. The average Bonchev–Trinajstić information content (AvgIpc) is 2.66. The van der Waals surface area contributed by atoms with Crippen molar-refractivity contribution >= 4 is 11.8 Å². The summed E-state index contributed by atoms with van der Waals surface area (Å²) >= 11 is 1.59. The van der Waals surface area contributed by atoms with Crippen molar-refractivity contribution in [3.05, 3.63) is 32.6 Å². The van der Waals surface area contributed by atoms with E-state index in [0.29, 0.717) is 5.56 Å². The first kappa shape index (κ1) is 10.5. The third-order valence-corrected chi connectivity index (χ3v) is 4.09. The SMILES string of the molecule is O=c1[nH]cc([C@H]2CC[C@@H](CO)S2)c(=O)[nH]1. The van der Waals surface area contributed by atoms with Crippen molar-refractivity contribution in [2.45, 2.75) is 23.3 Å². The Morgan fingerprint density at radius 3 is 2.87 bits per heavy atom. The Kier molecular flexibility index (Phi) is 2.97. The zero-order valence-corrected chi connectivity index (χ0v) is 8.84. The quantitative estimate of drug-likeness (QED) is 0.664. The molecule has 0 amide bonds. The molecule has 15 heavy (non-hydrogen) atoms. The fourth-order valence-electron chi connectivity index (χ4n) is 1.73. The maximum atomic E-state index is 11.5. The van der Waals surface area contributed by atoms with Crippen molar-refractivity contribution in [3.63, 3.8) is 0 Å². The smallest absolute Gasteiger partial charge is 0.325 e. The third kappa shape index (κ3) is 2.15. The first-order valence-corrected chi connectivity index (χ1v) is 5.73. The van der Waals surface area contributed by atoms with E-state index in [1.54, 1.807) is 11.8 Å². The second-order valence-electron chi connectivity index (χ2n) is 3.53. The molecule has 1 aromatic heterocycles. The van der Waals surface area contributed by atoms with Crippen LogP contribution in [0.2, 0.25) is 0 Å². The number of nitrogens with one attached hydrogen (secondary N) is 2. The van der Waals surface area contributed by atoms with Gasteiger partial charge < -0.3 is 10.1 Å². The fourth-order valence-corrected chi connectivity index (χ4v) is 3.14. The predicted octanol–water partition coefficient (Wildman–Crippen LogP) is -0.00780.